The van der Waals surface area contributed by atoms with Gasteiger partial charge < -0.3 is 10.6 Å². The van der Waals surface area contributed by atoms with E-state index < -0.39 is 5.54 Å². The van der Waals surface area contributed by atoms with Crippen LogP contribution in [0.25, 0.3) is 0 Å². The number of amides is 1. The molecule has 0 aliphatic heterocycles. The van der Waals surface area contributed by atoms with Gasteiger partial charge in [0.05, 0.1) is 0 Å². The normalized spacial score (nSPS) is 11.3. The number of anilines is 1. The molecule has 1 aromatic carbocycles. The predicted octanol–water partition coefficient (Wildman–Crippen LogP) is 1.92. The zero-order valence-electron chi connectivity index (χ0n) is 9.83. The summed E-state index contributed by atoms with van der Waals surface area (Å²) in [6.07, 6.45) is 0.222. The summed E-state index contributed by atoms with van der Waals surface area (Å²) < 4.78 is 13.0. The van der Waals surface area contributed by atoms with Gasteiger partial charge in [-0.15, -0.1) is 0 Å². The fourth-order valence-corrected chi connectivity index (χ4v) is 1.34. The Kier molecular flexibility index (Phi) is 3.65. The highest BCUT2D eigenvalue weighted by Crippen LogP contribution is 2.16. The molecule has 2 N–H and O–H groups in total. The van der Waals surface area contributed by atoms with Gasteiger partial charge >= 0.3 is 0 Å². The molecule has 1 rings (SSSR count). The Morgan fingerprint density at radius 3 is 2.62 bits per heavy atom. The van der Waals surface area contributed by atoms with E-state index in [1.165, 1.54) is 17.0 Å². The number of rotatable bonds is 3. The fraction of sp³-hybridized carbons (Fsp3) is 0.417. The van der Waals surface area contributed by atoms with Gasteiger partial charge in [0.1, 0.15) is 5.82 Å². The van der Waals surface area contributed by atoms with Crippen LogP contribution in [0.3, 0.4) is 0 Å². The van der Waals surface area contributed by atoms with Crippen molar-refractivity contribution in [3.8, 4) is 0 Å². The third-order valence-corrected chi connectivity index (χ3v) is 2.18. The van der Waals surface area contributed by atoms with Gasteiger partial charge in [-0.05, 0) is 32.0 Å². The van der Waals surface area contributed by atoms with E-state index in [4.69, 9.17) is 5.73 Å². The molecule has 0 aliphatic rings. The van der Waals surface area contributed by atoms with Crippen LogP contribution in [0.1, 0.15) is 20.3 Å². The lowest BCUT2D eigenvalue weighted by molar-refractivity contribution is -0.119. The summed E-state index contributed by atoms with van der Waals surface area (Å²) in [6, 6.07) is 5.92. The summed E-state index contributed by atoms with van der Waals surface area (Å²) in [7, 11) is 1.61. The zero-order valence-corrected chi connectivity index (χ0v) is 9.83. The first-order chi connectivity index (χ1) is 7.29. The van der Waals surface area contributed by atoms with Gasteiger partial charge in [-0.2, -0.15) is 0 Å². The van der Waals surface area contributed by atoms with E-state index in [2.05, 4.69) is 0 Å². The number of carbonyl (C=O) groups excluding carboxylic acids is 1. The molecule has 16 heavy (non-hydrogen) atoms. The van der Waals surface area contributed by atoms with E-state index in [0.29, 0.717) is 5.69 Å². The summed E-state index contributed by atoms with van der Waals surface area (Å²) in [5.41, 5.74) is 5.74. The molecule has 0 radical (unpaired) electrons. The van der Waals surface area contributed by atoms with Crippen LogP contribution < -0.4 is 10.6 Å². The Balaban J connectivity index is 2.78. The molecule has 0 saturated heterocycles. The summed E-state index contributed by atoms with van der Waals surface area (Å²) >= 11 is 0. The minimum atomic E-state index is -0.557. The van der Waals surface area contributed by atoms with E-state index in [0.717, 1.165) is 0 Å². The molecule has 0 bridgehead atoms. The summed E-state index contributed by atoms with van der Waals surface area (Å²) in [6.45, 7) is 3.56. The van der Waals surface area contributed by atoms with Crippen LogP contribution >= 0.6 is 0 Å². The molecule has 0 unspecified atom stereocenters. The second kappa shape index (κ2) is 4.61. The molecule has 0 heterocycles. The first-order valence-corrected chi connectivity index (χ1v) is 5.10. The van der Waals surface area contributed by atoms with Gasteiger partial charge in [-0.25, -0.2) is 4.39 Å². The number of carbonyl (C=O) groups is 1. The lowest BCUT2D eigenvalue weighted by Crippen LogP contribution is -2.39. The van der Waals surface area contributed by atoms with Crippen LogP contribution in [0.4, 0.5) is 10.1 Å². The van der Waals surface area contributed by atoms with Gasteiger partial charge in [-0.3, -0.25) is 4.79 Å². The van der Waals surface area contributed by atoms with Gasteiger partial charge in [-0.1, -0.05) is 6.07 Å². The highest BCUT2D eigenvalue weighted by atomic mass is 19.1. The fourth-order valence-electron chi connectivity index (χ4n) is 1.34. The van der Waals surface area contributed by atoms with Crippen molar-refractivity contribution in [2.45, 2.75) is 25.8 Å². The SMILES string of the molecule is CN(C(=O)CC(C)(C)N)c1cccc(F)c1. The van der Waals surface area contributed by atoms with E-state index >= 15 is 0 Å². The Bertz CT molecular complexity index is 385. The molecule has 3 nitrogen and oxygen atoms in total. The number of benzene rings is 1. The standard InChI is InChI=1S/C12H17FN2O/c1-12(2,14)8-11(16)15(3)10-6-4-5-9(13)7-10/h4-7H,8,14H2,1-3H3. The first-order valence-electron chi connectivity index (χ1n) is 5.10. The molecule has 0 atom stereocenters. The lowest BCUT2D eigenvalue weighted by Gasteiger charge is -2.23. The van der Waals surface area contributed by atoms with Crippen molar-refractivity contribution in [1.82, 2.24) is 0 Å². The third kappa shape index (κ3) is 3.62. The molecule has 0 fully saturated rings. The largest absolute Gasteiger partial charge is 0.325 e. The van der Waals surface area contributed by atoms with Crippen molar-refractivity contribution in [3.63, 3.8) is 0 Å². The van der Waals surface area contributed by atoms with E-state index in [1.54, 1.807) is 33.0 Å². The van der Waals surface area contributed by atoms with E-state index in [1.807, 2.05) is 0 Å². The average Bonchev–Trinajstić information content (AvgIpc) is 2.14. The van der Waals surface area contributed by atoms with Crippen molar-refractivity contribution in [3.05, 3.63) is 30.1 Å². The van der Waals surface area contributed by atoms with Crippen LogP contribution in [-0.4, -0.2) is 18.5 Å². The summed E-state index contributed by atoms with van der Waals surface area (Å²) in [4.78, 5) is 13.2. The molecule has 0 spiro atoms. The van der Waals surface area contributed by atoms with Gasteiger partial charge in [0, 0.05) is 24.7 Å². The lowest BCUT2D eigenvalue weighted by atomic mass is 10.0. The maximum Gasteiger partial charge on any atom is 0.228 e. The van der Waals surface area contributed by atoms with Crippen molar-refractivity contribution < 1.29 is 9.18 Å². The highest BCUT2D eigenvalue weighted by molar-refractivity contribution is 5.93. The van der Waals surface area contributed by atoms with Crippen molar-refractivity contribution in [2.75, 3.05) is 11.9 Å². The Morgan fingerprint density at radius 1 is 1.50 bits per heavy atom. The monoisotopic (exact) mass is 224 g/mol. The number of nitrogens with two attached hydrogens (primary N) is 1. The van der Waals surface area contributed by atoms with Crippen LogP contribution in [0, 0.1) is 5.82 Å². The number of hydrogen-bond acceptors (Lipinski definition) is 2. The van der Waals surface area contributed by atoms with Crippen molar-refractivity contribution in [1.29, 1.82) is 0 Å². The molecule has 0 aromatic heterocycles. The number of nitrogens with zero attached hydrogens (tertiary/aromatic N) is 1. The molecule has 4 heteroatoms. The average molecular weight is 224 g/mol. The molecule has 1 amide bonds. The summed E-state index contributed by atoms with van der Waals surface area (Å²) in [5.74, 6) is -0.484. The van der Waals surface area contributed by atoms with Gasteiger partial charge in [0.15, 0.2) is 0 Å². The molecular weight excluding hydrogens is 207 g/mol. The maximum absolute atomic E-state index is 13.0. The van der Waals surface area contributed by atoms with Crippen LogP contribution in [0.15, 0.2) is 24.3 Å². The quantitative estimate of drug-likeness (QED) is 0.852. The third-order valence-electron chi connectivity index (χ3n) is 2.18. The number of hydrogen-bond donors (Lipinski definition) is 1. The van der Waals surface area contributed by atoms with E-state index in [9.17, 15) is 9.18 Å². The molecule has 0 saturated carbocycles. The minimum Gasteiger partial charge on any atom is -0.325 e. The smallest absolute Gasteiger partial charge is 0.228 e. The second-order valence-corrected chi connectivity index (χ2v) is 4.60. The Labute approximate surface area is 95.0 Å². The Morgan fingerprint density at radius 2 is 2.12 bits per heavy atom. The first kappa shape index (κ1) is 12.6. The molecule has 88 valence electrons. The molecule has 1 aromatic rings. The van der Waals surface area contributed by atoms with Crippen LogP contribution in [0.2, 0.25) is 0 Å². The zero-order chi connectivity index (χ0) is 12.3. The van der Waals surface area contributed by atoms with Gasteiger partial charge in [0.25, 0.3) is 0 Å². The summed E-state index contributed by atoms with van der Waals surface area (Å²) in [5, 5.41) is 0. The molecule has 0 aliphatic carbocycles. The second-order valence-electron chi connectivity index (χ2n) is 4.60. The highest BCUT2D eigenvalue weighted by Gasteiger charge is 2.20. The maximum atomic E-state index is 13.0. The number of halogens is 1. The van der Waals surface area contributed by atoms with Gasteiger partial charge in [0.2, 0.25) is 5.91 Å². The molecular formula is C12H17FN2O. The van der Waals surface area contributed by atoms with Crippen molar-refractivity contribution in [2.24, 2.45) is 5.73 Å². The van der Waals surface area contributed by atoms with Crippen LogP contribution in [0.5, 0.6) is 0 Å². The minimum absolute atomic E-state index is 0.127. The van der Waals surface area contributed by atoms with Crippen LogP contribution in [-0.2, 0) is 4.79 Å². The van der Waals surface area contributed by atoms with E-state index in [-0.39, 0.29) is 18.1 Å². The van der Waals surface area contributed by atoms with Crippen molar-refractivity contribution >= 4 is 11.6 Å². The topological polar surface area (TPSA) is 46.3 Å². The Hall–Kier alpha value is -1.42. The predicted molar refractivity (Wildman–Crippen MR) is 62.7 cm³/mol.